The predicted molar refractivity (Wildman–Crippen MR) is 131 cm³/mol. The molecule has 6 nitrogen and oxygen atoms in total. The van der Waals surface area contributed by atoms with Gasteiger partial charge in [-0.15, -0.1) is 0 Å². The van der Waals surface area contributed by atoms with Gasteiger partial charge in [0.25, 0.3) is 0 Å². The molecule has 5 rings (SSSR count). The molecule has 1 atom stereocenters. The number of nitriles is 1. The number of likely N-dealkylation sites (tertiary alicyclic amines) is 1. The molecule has 0 saturated carbocycles. The average Bonchev–Trinajstić information content (AvgIpc) is 3.50. The Morgan fingerprint density at radius 1 is 1.06 bits per heavy atom. The summed E-state index contributed by atoms with van der Waals surface area (Å²) in [6.07, 6.45) is 5.05. The highest BCUT2D eigenvalue weighted by atomic mass is 15.2. The first-order valence-corrected chi connectivity index (χ1v) is 11.4. The van der Waals surface area contributed by atoms with Gasteiger partial charge in [-0.1, -0.05) is 42.0 Å². The highest BCUT2D eigenvalue weighted by Gasteiger charge is 2.26. The second-order valence-electron chi connectivity index (χ2n) is 9.07. The Balaban J connectivity index is 1.65. The quantitative estimate of drug-likeness (QED) is 0.465. The predicted octanol–water partition coefficient (Wildman–Crippen LogP) is 4.38. The van der Waals surface area contributed by atoms with E-state index in [1.807, 2.05) is 36.7 Å². The number of hydrogen-bond acceptors (Lipinski definition) is 5. The molecule has 0 spiro atoms. The lowest BCUT2D eigenvalue weighted by Crippen LogP contribution is -2.31. The number of nitrogens with zero attached hydrogens (tertiary/aromatic N) is 6. The number of benzene rings is 2. The second-order valence-corrected chi connectivity index (χ2v) is 9.07. The number of fused-ring (bicyclic) bond motifs is 1. The minimum atomic E-state index is 0.575. The monoisotopic (exact) mass is 436 g/mol. The van der Waals surface area contributed by atoms with Crippen molar-refractivity contribution in [1.29, 1.82) is 5.26 Å². The standard InChI is InChI=1S/C27H28N6/c1-19-4-8-22(9-5-19)26-25(21-10-6-20(16-28)7-11-21)30-24(27-29-13-15-33(26)27)18-32-14-12-23(17-32)31(2)3/h4-11,13,15,23H,12,14,17-18H2,1-3H3. The molecule has 0 radical (unpaired) electrons. The molecule has 33 heavy (non-hydrogen) atoms. The van der Waals surface area contributed by atoms with E-state index in [1.165, 1.54) is 12.0 Å². The number of aromatic nitrogens is 3. The maximum atomic E-state index is 9.25. The number of imidazole rings is 1. The van der Waals surface area contributed by atoms with E-state index in [-0.39, 0.29) is 0 Å². The summed E-state index contributed by atoms with van der Waals surface area (Å²) in [5.74, 6) is 0. The molecular formula is C27H28N6. The van der Waals surface area contributed by atoms with Gasteiger partial charge < -0.3 is 4.90 Å². The van der Waals surface area contributed by atoms with Crippen LogP contribution in [0.3, 0.4) is 0 Å². The Hall–Kier alpha value is -3.53. The van der Waals surface area contributed by atoms with Gasteiger partial charge in [0, 0.05) is 49.2 Å². The molecule has 2 aromatic heterocycles. The largest absolute Gasteiger partial charge is 0.305 e. The Labute approximate surface area is 194 Å². The van der Waals surface area contributed by atoms with Crippen molar-refractivity contribution >= 4 is 5.65 Å². The zero-order chi connectivity index (χ0) is 22.9. The van der Waals surface area contributed by atoms with Gasteiger partial charge >= 0.3 is 0 Å². The van der Waals surface area contributed by atoms with Gasteiger partial charge in [-0.25, -0.2) is 9.97 Å². The third-order valence-corrected chi connectivity index (χ3v) is 6.57. The van der Waals surface area contributed by atoms with Crippen molar-refractivity contribution in [3.8, 4) is 28.6 Å². The van der Waals surface area contributed by atoms with Crippen molar-refractivity contribution in [2.24, 2.45) is 0 Å². The van der Waals surface area contributed by atoms with E-state index in [1.54, 1.807) is 0 Å². The number of aryl methyl sites for hydroxylation is 1. The minimum Gasteiger partial charge on any atom is -0.305 e. The molecule has 0 N–H and O–H groups in total. The van der Waals surface area contributed by atoms with E-state index >= 15 is 0 Å². The lowest BCUT2D eigenvalue weighted by atomic mass is 10.0. The smallest absolute Gasteiger partial charge is 0.160 e. The van der Waals surface area contributed by atoms with Crippen LogP contribution in [0, 0.1) is 18.3 Å². The van der Waals surface area contributed by atoms with Gasteiger partial charge in [-0.05, 0) is 39.6 Å². The van der Waals surface area contributed by atoms with Crippen LogP contribution >= 0.6 is 0 Å². The third-order valence-electron chi connectivity index (χ3n) is 6.57. The van der Waals surface area contributed by atoms with Crippen LogP contribution in [-0.2, 0) is 6.54 Å². The summed E-state index contributed by atoms with van der Waals surface area (Å²) >= 11 is 0. The first kappa shape index (κ1) is 21.3. The molecule has 3 heterocycles. The Bertz CT molecular complexity index is 1310. The molecular weight excluding hydrogens is 408 g/mol. The topological polar surface area (TPSA) is 60.5 Å². The van der Waals surface area contributed by atoms with E-state index < -0.39 is 0 Å². The SMILES string of the molecule is Cc1ccc(-c2c(-c3ccc(C#N)cc3)nc(CN3CCC(N(C)C)C3)c3nccn23)cc1. The maximum absolute atomic E-state index is 9.25. The van der Waals surface area contributed by atoms with Crippen molar-refractivity contribution in [2.45, 2.75) is 25.9 Å². The molecule has 0 amide bonds. The van der Waals surface area contributed by atoms with Crippen LogP contribution in [0.4, 0.5) is 0 Å². The Kier molecular flexibility index (Phi) is 5.67. The minimum absolute atomic E-state index is 0.575. The van der Waals surface area contributed by atoms with Crippen LogP contribution in [0.5, 0.6) is 0 Å². The van der Waals surface area contributed by atoms with Gasteiger partial charge in [0.15, 0.2) is 5.65 Å². The zero-order valence-electron chi connectivity index (χ0n) is 19.4. The maximum Gasteiger partial charge on any atom is 0.160 e. The van der Waals surface area contributed by atoms with Crippen LogP contribution < -0.4 is 0 Å². The molecule has 166 valence electrons. The van der Waals surface area contributed by atoms with Crippen molar-refractivity contribution in [1.82, 2.24) is 24.2 Å². The molecule has 1 fully saturated rings. The highest BCUT2D eigenvalue weighted by molar-refractivity contribution is 5.81. The van der Waals surface area contributed by atoms with Gasteiger partial charge in [0.1, 0.15) is 0 Å². The lowest BCUT2D eigenvalue weighted by molar-refractivity contribution is 0.263. The fourth-order valence-electron chi connectivity index (χ4n) is 4.64. The highest BCUT2D eigenvalue weighted by Crippen LogP contribution is 2.33. The third kappa shape index (κ3) is 4.13. The van der Waals surface area contributed by atoms with Crippen LogP contribution in [0.1, 0.15) is 23.2 Å². The second kappa shape index (κ2) is 8.78. The molecule has 0 bridgehead atoms. The van der Waals surface area contributed by atoms with Crippen molar-refractivity contribution in [3.05, 3.63) is 77.7 Å². The molecule has 4 aromatic rings. The van der Waals surface area contributed by atoms with Gasteiger partial charge in [0.2, 0.25) is 0 Å². The van der Waals surface area contributed by atoms with Crippen LogP contribution in [0.2, 0.25) is 0 Å². The van der Waals surface area contributed by atoms with Crippen LogP contribution in [-0.4, -0.2) is 57.4 Å². The van der Waals surface area contributed by atoms with Crippen molar-refractivity contribution < 1.29 is 0 Å². The number of likely N-dealkylation sites (N-methyl/N-ethyl adjacent to an activating group) is 1. The van der Waals surface area contributed by atoms with E-state index in [9.17, 15) is 5.26 Å². The summed E-state index contributed by atoms with van der Waals surface area (Å²) in [7, 11) is 4.30. The molecule has 1 aliphatic heterocycles. The van der Waals surface area contributed by atoms with E-state index in [0.717, 1.165) is 53.5 Å². The molecule has 1 aliphatic rings. The number of hydrogen-bond donors (Lipinski definition) is 0. The van der Waals surface area contributed by atoms with Crippen molar-refractivity contribution in [3.63, 3.8) is 0 Å². The van der Waals surface area contributed by atoms with Gasteiger partial charge in [-0.3, -0.25) is 9.30 Å². The molecule has 6 heteroatoms. The Morgan fingerprint density at radius 2 is 1.79 bits per heavy atom. The molecule has 0 aliphatic carbocycles. The first-order chi connectivity index (χ1) is 16.0. The fourth-order valence-corrected chi connectivity index (χ4v) is 4.64. The van der Waals surface area contributed by atoms with E-state index in [0.29, 0.717) is 11.6 Å². The first-order valence-electron chi connectivity index (χ1n) is 11.4. The van der Waals surface area contributed by atoms with Gasteiger partial charge in [0.05, 0.1) is 28.7 Å². The van der Waals surface area contributed by atoms with E-state index in [2.05, 4.69) is 65.6 Å². The summed E-state index contributed by atoms with van der Waals surface area (Å²) in [5.41, 5.74) is 7.76. The molecule has 1 unspecified atom stereocenters. The van der Waals surface area contributed by atoms with Crippen LogP contribution in [0.25, 0.3) is 28.2 Å². The lowest BCUT2D eigenvalue weighted by Gasteiger charge is -2.21. The normalized spacial score (nSPS) is 16.5. The summed E-state index contributed by atoms with van der Waals surface area (Å²) in [5, 5.41) is 9.25. The summed E-state index contributed by atoms with van der Waals surface area (Å²) in [6, 6.07) is 19.0. The summed E-state index contributed by atoms with van der Waals surface area (Å²) in [4.78, 5) is 14.7. The summed E-state index contributed by atoms with van der Waals surface area (Å²) in [6.45, 7) is 4.95. The van der Waals surface area contributed by atoms with Crippen LogP contribution in [0.15, 0.2) is 60.9 Å². The van der Waals surface area contributed by atoms with Gasteiger partial charge in [-0.2, -0.15) is 5.26 Å². The molecule has 2 aromatic carbocycles. The van der Waals surface area contributed by atoms with E-state index in [4.69, 9.17) is 9.97 Å². The molecule has 1 saturated heterocycles. The average molecular weight is 437 g/mol. The Morgan fingerprint density at radius 3 is 2.45 bits per heavy atom. The fraction of sp³-hybridized carbons (Fsp3) is 0.296. The van der Waals surface area contributed by atoms with Crippen molar-refractivity contribution in [2.75, 3.05) is 27.2 Å². The summed E-state index contributed by atoms with van der Waals surface area (Å²) < 4.78 is 2.17. The number of rotatable bonds is 5. The zero-order valence-corrected chi connectivity index (χ0v) is 19.4.